The summed E-state index contributed by atoms with van der Waals surface area (Å²) in [5.41, 5.74) is -0.762. The number of halogens is 2. The number of piperazine rings is 1. The number of carbonyl (C=O) groups excluding carboxylic acids is 2. The van der Waals surface area contributed by atoms with Gasteiger partial charge in [0.15, 0.2) is 0 Å². The van der Waals surface area contributed by atoms with Gasteiger partial charge in [0, 0.05) is 26.2 Å². The van der Waals surface area contributed by atoms with Crippen LogP contribution in [0.4, 0.5) is 4.79 Å². The Morgan fingerprint density at radius 3 is 2.26 bits per heavy atom. The van der Waals surface area contributed by atoms with Crippen LogP contribution in [0.15, 0.2) is 23.1 Å². The van der Waals surface area contributed by atoms with E-state index in [9.17, 15) is 18.0 Å². The SMILES string of the molecule is O=C1NC2(CCCCCC2)C(=O)N1CN1CCN(S(=O)(=O)c2cccc(Cl)c2Cl)CC1. The molecular weight excluding hydrogens is 463 g/mol. The molecule has 4 rings (SSSR count). The minimum Gasteiger partial charge on any atom is -0.323 e. The average molecular weight is 489 g/mol. The number of benzene rings is 1. The van der Waals surface area contributed by atoms with Crippen LogP contribution < -0.4 is 5.32 Å². The first-order chi connectivity index (χ1) is 14.7. The highest BCUT2D eigenvalue weighted by Gasteiger charge is 2.51. The number of hydrogen-bond donors (Lipinski definition) is 1. The molecule has 3 aliphatic rings. The van der Waals surface area contributed by atoms with Crippen LogP contribution in [0.25, 0.3) is 0 Å². The van der Waals surface area contributed by atoms with Crippen molar-refractivity contribution < 1.29 is 18.0 Å². The Bertz CT molecular complexity index is 971. The van der Waals surface area contributed by atoms with Crippen molar-refractivity contribution in [2.24, 2.45) is 0 Å². The van der Waals surface area contributed by atoms with Crippen molar-refractivity contribution in [2.45, 2.75) is 49.0 Å². The minimum absolute atomic E-state index is 0.0135. The Labute approximate surface area is 192 Å². The van der Waals surface area contributed by atoms with E-state index in [1.165, 1.54) is 15.3 Å². The topological polar surface area (TPSA) is 90.0 Å². The second-order valence-electron chi connectivity index (χ2n) is 8.38. The van der Waals surface area contributed by atoms with Crippen molar-refractivity contribution in [2.75, 3.05) is 32.8 Å². The van der Waals surface area contributed by atoms with Crippen molar-refractivity contribution in [3.63, 3.8) is 0 Å². The highest BCUT2D eigenvalue weighted by Crippen LogP contribution is 2.33. The van der Waals surface area contributed by atoms with Gasteiger partial charge in [-0.15, -0.1) is 0 Å². The van der Waals surface area contributed by atoms with Gasteiger partial charge in [-0.3, -0.25) is 9.69 Å². The highest BCUT2D eigenvalue weighted by atomic mass is 35.5. The zero-order valence-corrected chi connectivity index (χ0v) is 19.5. The number of hydrogen-bond acceptors (Lipinski definition) is 5. The largest absolute Gasteiger partial charge is 0.326 e. The lowest BCUT2D eigenvalue weighted by Crippen LogP contribution is -2.53. The van der Waals surface area contributed by atoms with E-state index in [2.05, 4.69) is 5.32 Å². The van der Waals surface area contributed by atoms with Crippen LogP contribution >= 0.6 is 23.2 Å². The van der Waals surface area contributed by atoms with E-state index < -0.39 is 15.6 Å². The van der Waals surface area contributed by atoms with E-state index in [4.69, 9.17) is 23.2 Å². The van der Waals surface area contributed by atoms with Crippen LogP contribution in [0.5, 0.6) is 0 Å². The molecule has 3 amide bonds. The molecule has 1 aliphatic carbocycles. The standard InChI is InChI=1S/C20H26Cl2N4O4S/c21-15-6-5-7-16(17(15)22)31(29,30)25-12-10-24(11-13-25)14-26-18(27)20(23-19(26)28)8-3-1-2-4-9-20/h5-7H,1-4,8-14H2,(H,23,28). The smallest absolute Gasteiger partial charge is 0.323 e. The molecule has 1 N–H and O–H groups in total. The molecule has 8 nitrogen and oxygen atoms in total. The molecule has 2 aliphatic heterocycles. The monoisotopic (exact) mass is 488 g/mol. The maximum atomic E-state index is 13.1. The second-order valence-corrected chi connectivity index (χ2v) is 11.1. The molecule has 2 heterocycles. The summed E-state index contributed by atoms with van der Waals surface area (Å²) in [6, 6.07) is 4.18. The molecule has 0 radical (unpaired) electrons. The molecular formula is C20H26Cl2N4O4S. The summed E-state index contributed by atoms with van der Waals surface area (Å²) in [7, 11) is -3.78. The maximum absolute atomic E-state index is 13.1. The molecule has 2 saturated heterocycles. The Morgan fingerprint density at radius 2 is 1.61 bits per heavy atom. The van der Waals surface area contributed by atoms with Crippen molar-refractivity contribution in [1.82, 2.24) is 19.4 Å². The van der Waals surface area contributed by atoms with Crippen LogP contribution in [0.3, 0.4) is 0 Å². The van der Waals surface area contributed by atoms with Crippen molar-refractivity contribution in [3.8, 4) is 0 Å². The van der Waals surface area contributed by atoms with Gasteiger partial charge in [-0.2, -0.15) is 4.31 Å². The summed E-state index contributed by atoms with van der Waals surface area (Å²) in [5.74, 6) is -0.153. The predicted octanol–water partition coefficient (Wildman–Crippen LogP) is 2.90. The van der Waals surface area contributed by atoms with E-state index in [1.54, 1.807) is 12.1 Å². The first-order valence-corrected chi connectivity index (χ1v) is 12.7. The van der Waals surface area contributed by atoms with E-state index in [1.807, 2.05) is 4.90 Å². The van der Waals surface area contributed by atoms with E-state index >= 15 is 0 Å². The number of nitrogens with zero attached hydrogens (tertiary/aromatic N) is 3. The molecule has 3 fully saturated rings. The van der Waals surface area contributed by atoms with Gasteiger partial charge in [0.05, 0.1) is 16.7 Å². The molecule has 0 aromatic heterocycles. The quantitative estimate of drug-likeness (QED) is 0.657. The lowest BCUT2D eigenvalue weighted by Gasteiger charge is -2.35. The number of sulfonamides is 1. The summed E-state index contributed by atoms with van der Waals surface area (Å²) in [6.45, 7) is 1.45. The van der Waals surface area contributed by atoms with Crippen molar-refractivity contribution in [3.05, 3.63) is 28.2 Å². The van der Waals surface area contributed by atoms with Crippen LogP contribution in [0.2, 0.25) is 10.0 Å². The van der Waals surface area contributed by atoms with Crippen LogP contribution in [0.1, 0.15) is 38.5 Å². The summed E-state index contributed by atoms with van der Waals surface area (Å²) in [6.07, 6.45) is 5.39. The zero-order valence-electron chi connectivity index (χ0n) is 17.1. The summed E-state index contributed by atoms with van der Waals surface area (Å²) < 4.78 is 27.3. The molecule has 1 aromatic rings. The normalized spacial score (nSPS) is 23.2. The molecule has 170 valence electrons. The molecule has 11 heteroatoms. The summed E-state index contributed by atoms with van der Waals surface area (Å²) >= 11 is 12.1. The molecule has 0 bridgehead atoms. The molecule has 31 heavy (non-hydrogen) atoms. The fourth-order valence-electron chi connectivity index (χ4n) is 4.61. The molecule has 0 atom stereocenters. The van der Waals surface area contributed by atoms with Gasteiger partial charge in [-0.1, -0.05) is 55.0 Å². The Hall–Kier alpha value is -1.39. The first kappa shape index (κ1) is 22.8. The number of amides is 3. The third kappa shape index (κ3) is 4.30. The number of imide groups is 1. The highest BCUT2D eigenvalue weighted by molar-refractivity contribution is 7.89. The van der Waals surface area contributed by atoms with Crippen LogP contribution in [-0.2, 0) is 14.8 Å². The molecule has 1 aromatic carbocycles. The maximum Gasteiger partial charge on any atom is 0.326 e. The fourth-order valence-corrected chi connectivity index (χ4v) is 6.77. The molecule has 1 saturated carbocycles. The van der Waals surface area contributed by atoms with Gasteiger partial charge in [-0.05, 0) is 25.0 Å². The zero-order chi connectivity index (χ0) is 22.2. The average Bonchev–Trinajstić information content (AvgIpc) is 2.90. The summed E-state index contributed by atoms with van der Waals surface area (Å²) in [5, 5.41) is 3.14. The number of carbonyl (C=O) groups is 2. The number of urea groups is 1. The Morgan fingerprint density at radius 1 is 0.968 bits per heavy atom. The lowest BCUT2D eigenvalue weighted by atomic mass is 9.90. The van der Waals surface area contributed by atoms with Gasteiger partial charge in [0.25, 0.3) is 5.91 Å². The third-order valence-electron chi connectivity index (χ3n) is 6.41. The number of rotatable bonds is 4. The van der Waals surface area contributed by atoms with Gasteiger partial charge < -0.3 is 5.32 Å². The van der Waals surface area contributed by atoms with E-state index in [0.29, 0.717) is 25.9 Å². The molecule has 0 unspecified atom stereocenters. The predicted molar refractivity (Wildman–Crippen MR) is 117 cm³/mol. The van der Waals surface area contributed by atoms with E-state index in [-0.39, 0.29) is 46.6 Å². The third-order valence-corrected chi connectivity index (χ3v) is 9.28. The minimum atomic E-state index is -3.78. The lowest BCUT2D eigenvalue weighted by molar-refractivity contribution is -0.133. The van der Waals surface area contributed by atoms with Gasteiger partial charge in [0.2, 0.25) is 10.0 Å². The van der Waals surface area contributed by atoms with Gasteiger partial charge >= 0.3 is 6.03 Å². The van der Waals surface area contributed by atoms with Gasteiger partial charge in [-0.25, -0.2) is 18.1 Å². The van der Waals surface area contributed by atoms with Crippen LogP contribution in [0, 0.1) is 0 Å². The Balaban J connectivity index is 1.40. The molecule has 1 spiro atoms. The first-order valence-electron chi connectivity index (χ1n) is 10.6. The van der Waals surface area contributed by atoms with Gasteiger partial charge in [0.1, 0.15) is 10.4 Å². The summed E-state index contributed by atoms with van der Waals surface area (Å²) in [4.78, 5) is 28.8. The Kier molecular flexibility index (Phi) is 6.52. The van der Waals surface area contributed by atoms with Crippen molar-refractivity contribution >= 4 is 45.2 Å². The van der Waals surface area contributed by atoms with Crippen LogP contribution in [-0.4, -0.2) is 72.8 Å². The fraction of sp³-hybridized carbons (Fsp3) is 0.600. The van der Waals surface area contributed by atoms with Crippen molar-refractivity contribution in [1.29, 1.82) is 0 Å². The second kappa shape index (κ2) is 8.86. The van der Waals surface area contributed by atoms with E-state index in [0.717, 1.165) is 25.7 Å². The number of nitrogens with one attached hydrogen (secondary N) is 1.